The fourth-order valence-electron chi connectivity index (χ4n) is 2.01. The summed E-state index contributed by atoms with van der Waals surface area (Å²) in [5.74, 6) is -0.768. The molecule has 98 valence electrons. The fourth-order valence-corrected chi connectivity index (χ4v) is 2.01. The van der Waals surface area contributed by atoms with Crippen LogP contribution < -0.4 is 5.32 Å². The van der Waals surface area contributed by atoms with Crippen LogP contribution in [-0.2, 0) is 4.79 Å². The third kappa shape index (κ3) is 4.14. The van der Waals surface area contributed by atoms with Gasteiger partial charge in [0.15, 0.2) is 0 Å². The highest BCUT2D eigenvalue weighted by molar-refractivity contribution is 5.66. The highest BCUT2D eigenvalue weighted by Gasteiger charge is 2.12. The monoisotopic (exact) mass is 255 g/mol. The van der Waals surface area contributed by atoms with Crippen molar-refractivity contribution in [2.45, 2.75) is 18.9 Å². The van der Waals surface area contributed by atoms with Crippen molar-refractivity contribution in [3.63, 3.8) is 0 Å². The minimum atomic E-state index is -0.768. The number of aliphatic carboxylic acids is 1. The number of benzene rings is 2. The first kappa shape index (κ1) is 13.1. The first-order chi connectivity index (χ1) is 9.25. The lowest BCUT2D eigenvalue weighted by Crippen LogP contribution is -2.12. The number of carbonyl (C=O) groups is 1. The van der Waals surface area contributed by atoms with E-state index in [-0.39, 0.29) is 12.5 Å². The van der Waals surface area contributed by atoms with E-state index in [1.807, 2.05) is 60.7 Å². The van der Waals surface area contributed by atoms with Gasteiger partial charge in [-0.25, -0.2) is 0 Å². The molecule has 0 heterocycles. The SMILES string of the molecule is O=C(O)CCC(Nc1ccccc1)c1ccccc1. The molecule has 0 saturated heterocycles. The summed E-state index contributed by atoms with van der Waals surface area (Å²) in [6.07, 6.45) is 0.716. The quantitative estimate of drug-likeness (QED) is 0.827. The van der Waals surface area contributed by atoms with Crippen LogP contribution in [0.5, 0.6) is 0 Å². The van der Waals surface area contributed by atoms with Gasteiger partial charge in [0, 0.05) is 12.1 Å². The van der Waals surface area contributed by atoms with Crippen molar-refractivity contribution in [1.29, 1.82) is 0 Å². The van der Waals surface area contributed by atoms with Crippen molar-refractivity contribution in [3.05, 3.63) is 66.2 Å². The molecule has 2 rings (SSSR count). The molecule has 0 spiro atoms. The van der Waals surface area contributed by atoms with Gasteiger partial charge in [-0.15, -0.1) is 0 Å². The van der Waals surface area contributed by atoms with E-state index in [9.17, 15) is 4.79 Å². The summed E-state index contributed by atoms with van der Waals surface area (Å²) < 4.78 is 0. The summed E-state index contributed by atoms with van der Waals surface area (Å²) in [6, 6.07) is 19.8. The molecule has 0 bridgehead atoms. The molecule has 1 atom stereocenters. The third-order valence-corrected chi connectivity index (χ3v) is 2.96. The van der Waals surface area contributed by atoms with E-state index in [1.165, 1.54) is 0 Å². The minimum Gasteiger partial charge on any atom is -0.481 e. The summed E-state index contributed by atoms with van der Waals surface area (Å²) in [5.41, 5.74) is 2.11. The molecule has 0 radical (unpaired) electrons. The van der Waals surface area contributed by atoms with Gasteiger partial charge in [0.1, 0.15) is 0 Å². The molecule has 0 fully saturated rings. The first-order valence-corrected chi connectivity index (χ1v) is 6.34. The van der Waals surface area contributed by atoms with Gasteiger partial charge in [-0.2, -0.15) is 0 Å². The van der Waals surface area contributed by atoms with E-state index in [0.29, 0.717) is 6.42 Å². The van der Waals surface area contributed by atoms with Crippen molar-refractivity contribution >= 4 is 11.7 Å². The standard InChI is InChI=1S/C16H17NO2/c18-16(19)12-11-15(13-7-3-1-4-8-13)17-14-9-5-2-6-10-14/h1-10,15,17H,11-12H2,(H,18,19). The molecule has 2 aromatic rings. The van der Waals surface area contributed by atoms with E-state index in [4.69, 9.17) is 5.11 Å². The molecular formula is C16H17NO2. The minimum absolute atomic E-state index is 0.0136. The van der Waals surface area contributed by atoms with Gasteiger partial charge >= 0.3 is 5.97 Å². The maximum Gasteiger partial charge on any atom is 0.303 e. The number of carboxylic acids is 1. The van der Waals surface area contributed by atoms with Crippen molar-refractivity contribution < 1.29 is 9.90 Å². The van der Waals surface area contributed by atoms with E-state index in [0.717, 1.165) is 11.3 Å². The van der Waals surface area contributed by atoms with E-state index in [2.05, 4.69) is 5.32 Å². The van der Waals surface area contributed by atoms with Gasteiger partial charge < -0.3 is 10.4 Å². The van der Waals surface area contributed by atoms with Crippen molar-refractivity contribution in [2.24, 2.45) is 0 Å². The van der Waals surface area contributed by atoms with Gasteiger partial charge in [-0.05, 0) is 24.1 Å². The molecule has 0 aliphatic carbocycles. The predicted molar refractivity (Wildman–Crippen MR) is 76.1 cm³/mol. The second kappa shape index (κ2) is 6.59. The Balaban J connectivity index is 2.12. The summed E-state index contributed by atoms with van der Waals surface area (Å²) in [5, 5.41) is 12.2. The van der Waals surface area contributed by atoms with E-state index in [1.54, 1.807) is 0 Å². The van der Waals surface area contributed by atoms with Crippen LogP contribution in [-0.4, -0.2) is 11.1 Å². The van der Waals surface area contributed by atoms with Crippen LogP contribution in [0.15, 0.2) is 60.7 Å². The summed E-state index contributed by atoms with van der Waals surface area (Å²) in [4.78, 5) is 10.8. The Morgan fingerprint density at radius 1 is 1.00 bits per heavy atom. The molecule has 0 aliphatic heterocycles. The molecule has 0 aliphatic rings. The Morgan fingerprint density at radius 3 is 2.16 bits per heavy atom. The Morgan fingerprint density at radius 2 is 1.58 bits per heavy atom. The highest BCUT2D eigenvalue weighted by Crippen LogP contribution is 2.23. The van der Waals surface area contributed by atoms with Crippen molar-refractivity contribution in [2.75, 3.05) is 5.32 Å². The van der Waals surface area contributed by atoms with Crippen LogP contribution in [0, 0.1) is 0 Å². The van der Waals surface area contributed by atoms with Crippen LogP contribution >= 0.6 is 0 Å². The fraction of sp³-hybridized carbons (Fsp3) is 0.188. The van der Waals surface area contributed by atoms with E-state index < -0.39 is 5.97 Å². The Bertz CT molecular complexity index is 511. The molecule has 19 heavy (non-hydrogen) atoms. The maximum atomic E-state index is 10.8. The van der Waals surface area contributed by atoms with Crippen LogP contribution in [0.2, 0.25) is 0 Å². The topological polar surface area (TPSA) is 49.3 Å². The number of para-hydroxylation sites is 1. The molecule has 0 aromatic heterocycles. The van der Waals surface area contributed by atoms with Crippen LogP contribution in [0.3, 0.4) is 0 Å². The van der Waals surface area contributed by atoms with Crippen LogP contribution in [0.1, 0.15) is 24.4 Å². The van der Waals surface area contributed by atoms with Gasteiger partial charge in [-0.3, -0.25) is 4.79 Å². The van der Waals surface area contributed by atoms with Crippen molar-refractivity contribution in [3.8, 4) is 0 Å². The van der Waals surface area contributed by atoms with Crippen LogP contribution in [0.25, 0.3) is 0 Å². The highest BCUT2D eigenvalue weighted by atomic mass is 16.4. The molecular weight excluding hydrogens is 238 g/mol. The zero-order valence-electron chi connectivity index (χ0n) is 10.6. The lowest BCUT2D eigenvalue weighted by molar-refractivity contribution is -0.137. The van der Waals surface area contributed by atoms with Gasteiger partial charge in [-0.1, -0.05) is 48.5 Å². The third-order valence-electron chi connectivity index (χ3n) is 2.96. The molecule has 1 unspecified atom stereocenters. The normalized spacial score (nSPS) is 11.8. The second-order valence-electron chi connectivity index (χ2n) is 4.41. The molecule has 2 aromatic carbocycles. The average molecular weight is 255 g/mol. The molecule has 0 saturated carbocycles. The number of hydrogen-bond acceptors (Lipinski definition) is 2. The Hall–Kier alpha value is -2.29. The lowest BCUT2D eigenvalue weighted by atomic mass is 10.0. The van der Waals surface area contributed by atoms with Gasteiger partial charge in [0.25, 0.3) is 0 Å². The van der Waals surface area contributed by atoms with E-state index >= 15 is 0 Å². The number of nitrogens with one attached hydrogen (secondary N) is 1. The summed E-state index contributed by atoms with van der Waals surface area (Å²) in [7, 11) is 0. The lowest BCUT2D eigenvalue weighted by Gasteiger charge is -2.19. The Kier molecular flexibility index (Phi) is 4.56. The molecule has 3 nitrogen and oxygen atoms in total. The number of hydrogen-bond donors (Lipinski definition) is 2. The zero-order chi connectivity index (χ0) is 13.5. The maximum absolute atomic E-state index is 10.8. The average Bonchev–Trinajstić information content (AvgIpc) is 2.45. The number of anilines is 1. The number of rotatable bonds is 6. The van der Waals surface area contributed by atoms with Crippen molar-refractivity contribution in [1.82, 2.24) is 0 Å². The molecule has 2 N–H and O–H groups in total. The Labute approximate surface area is 112 Å². The molecule has 3 heteroatoms. The largest absolute Gasteiger partial charge is 0.481 e. The summed E-state index contributed by atoms with van der Waals surface area (Å²) in [6.45, 7) is 0. The predicted octanol–water partition coefficient (Wildman–Crippen LogP) is 3.70. The zero-order valence-corrected chi connectivity index (χ0v) is 10.6. The smallest absolute Gasteiger partial charge is 0.303 e. The van der Waals surface area contributed by atoms with Gasteiger partial charge in [0.2, 0.25) is 0 Å². The number of carboxylic acid groups (broad SMARTS) is 1. The molecule has 0 amide bonds. The summed E-state index contributed by atoms with van der Waals surface area (Å²) >= 11 is 0. The van der Waals surface area contributed by atoms with Gasteiger partial charge in [0.05, 0.1) is 6.04 Å². The van der Waals surface area contributed by atoms with Crippen LogP contribution in [0.4, 0.5) is 5.69 Å². The first-order valence-electron chi connectivity index (χ1n) is 6.34. The second-order valence-corrected chi connectivity index (χ2v) is 4.41.